The Balaban J connectivity index is 2.03. The largest absolute Gasteiger partial charge is 0.497 e. The lowest BCUT2D eigenvalue weighted by Gasteiger charge is -2.11. The molecule has 0 aliphatic rings. The number of non-ortho nitro benzene ring substituents is 1. The van der Waals surface area contributed by atoms with Gasteiger partial charge in [0.15, 0.2) is 6.61 Å². The molecule has 0 aliphatic carbocycles. The first-order valence-electron chi connectivity index (χ1n) is 7.90. The van der Waals surface area contributed by atoms with Crippen LogP contribution >= 0.6 is 0 Å². The number of nitrogens with one attached hydrogen (secondary N) is 1. The van der Waals surface area contributed by atoms with Gasteiger partial charge >= 0.3 is 5.97 Å². The van der Waals surface area contributed by atoms with Crippen molar-refractivity contribution >= 4 is 23.3 Å². The van der Waals surface area contributed by atoms with Gasteiger partial charge in [-0.2, -0.15) is 0 Å². The third-order valence-electron chi connectivity index (χ3n) is 3.59. The van der Waals surface area contributed by atoms with Gasteiger partial charge in [-0.05, 0) is 18.2 Å². The molecule has 0 atom stereocenters. The van der Waals surface area contributed by atoms with E-state index in [-0.39, 0.29) is 22.7 Å². The third-order valence-corrected chi connectivity index (χ3v) is 3.59. The number of benzene rings is 2. The fraction of sp³-hybridized carbons (Fsp3) is 0.222. The first kappa shape index (κ1) is 20.5. The number of esters is 1. The highest BCUT2D eigenvalue weighted by Crippen LogP contribution is 2.29. The SMILES string of the molecule is COc1cc(OC)cc(C(=O)OCC(=O)Nc2ccc([N+](=O)[O-])cc2OC)c1. The summed E-state index contributed by atoms with van der Waals surface area (Å²) in [7, 11) is 4.19. The van der Waals surface area contributed by atoms with Gasteiger partial charge in [0.2, 0.25) is 0 Å². The molecule has 1 N–H and O–H groups in total. The van der Waals surface area contributed by atoms with E-state index in [1.807, 2.05) is 0 Å². The van der Waals surface area contributed by atoms with Crippen LogP contribution in [0.2, 0.25) is 0 Å². The van der Waals surface area contributed by atoms with E-state index in [0.717, 1.165) is 0 Å². The van der Waals surface area contributed by atoms with Crippen LogP contribution in [0, 0.1) is 10.1 Å². The van der Waals surface area contributed by atoms with Crippen LogP contribution in [0.25, 0.3) is 0 Å². The number of amides is 1. The number of methoxy groups -OCH3 is 3. The zero-order valence-corrected chi connectivity index (χ0v) is 15.4. The van der Waals surface area contributed by atoms with Crippen molar-refractivity contribution in [3.8, 4) is 17.2 Å². The third kappa shape index (κ3) is 5.10. The standard InChI is InChI=1S/C18H18N2O8/c1-25-13-6-11(7-14(9-13)26-2)18(22)28-10-17(21)19-15-5-4-12(20(23)24)8-16(15)27-3/h4-9H,10H2,1-3H3,(H,19,21). The molecule has 0 heterocycles. The maximum Gasteiger partial charge on any atom is 0.338 e. The second-order valence-corrected chi connectivity index (χ2v) is 5.37. The van der Waals surface area contributed by atoms with Crippen LogP contribution in [0.3, 0.4) is 0 Å². The van der Waals surface area contributed by atoms with Crippen molar-refractivity contribution < 1.29 is 33.5 Å². The Morgan fingerprint density at radius 3 is 2.18 bits per heavy atom. The molecule has 10 heteroatoms. The minimum absolute atomic E-state index is 0.103. The normalized spacial score (nSPS) is 9.96. The molecule has 10 nitrogen and oxygen atoms in total. The smallest absolute Gasteiger partial charge is 0.338 e. The number of ether oxygens (including phenoxy) is 4. The molecule has 0 spiro atoms. The molecule has 0 aliphatic heterocycles. The number of hydrogen-bond donors (Lipinski definition) is 1. The Morgan fingerprint density at radius 1 is 1.00 bits per heavy atom. The molecule has 0 saturated carbocycles. The Bertz CT molecular complexity index is 875. The van der Waals surface area contributed by atoms with Crippen molar-refractivity contribution in [1.82, 2.24) is 0 Å². The first-order chi connectivity index (χ1) is 13.4. The van der Waals surface area contributed by atoms with Gasteiger partial charge < -0.3 is 24.3 Å². The minimum Gasteiger partial charge on any atom is -0.497 e. The summed E-state index contributed by atoms with van der Waals surface area (Å²) in [5.74, 6) is -0.498. The van der Waals surface area contributed by atoms with Crippen molar-refractivity contribution in [3.05, 3.63) is 52.1 Å². The molecular formula is C18H18N2O8. The number of nitrogens with zero attached hydrogens (tertiary/aromatic N) is 1. The molecule has 2 rings (SSSR count). The first-order valence-corrected chi connectivity index (χ1v) is 7.90. The van der Waals surface area contributed by atoms with Gasteiger partial charge in [0.25, 0.3) is 11.6 Å². The minimum atomic E-state index is -0.747. The van der Waals surface area contributed by atoms with Crippen LogP contribution < -0.4 is 19.5 Å². The maximum absolute atomic E-state index is 12.2. The van der Waals surface area contributed by atoms with Crippen LogP contribution in [0.5, 0.6) is 17.2 Å². The van der Waals surface area contributed by atoms with Crippen molar-refractivity contribution in [2.45, 2.75) is 0 Å². The quantitative estimate of drug-likeness (QED) is 0.414. The lowest BCUT2D eigenvalue weighted by molar-refractivity contribution is -0.384. The van der Waals surface area contributed by atoms with Crippen LogP contribution in [0.1, 0.15) is 10.4 Å². The van der Waals surface area contributed by atoms with E-state index in [9.17, 15) is 19.7 Å². The van der Waals surface area contributed by atoms with Crippen LogP contribution in [0.15, 0.2) is 36.4 Å². The fourth-order valence-electron chi connectivity index (χ4n) is 2.22. The van der Waals surface area contributed by atoms with Crippen molar-refractivity contribution in [3.63, 3.8) is 0 Å². The Morgan fingerprint density at radius 2 is 1.64 bits per heavy atom. The van der Waals surface area contributed by atoms with Gasteiger partial charge in [0.1, 0.15) is 17.2 Å². The Kier molecular flexibility index (Phi) is 6.74. The Labute approximate surface area is 160 Å². The highest BCUT2D eigenvalue weighted by Gasteiger charge is 2.16. The molecule has 0 unspecified atom stereocenters. The van der Waals surface area contributed by atoms with Gasteiger partial charge in [-0.1, -0.05) is 0 Å². The highest BCUT2D eigenvalue weighted by molar-refractivity contribution is 5.96. The number of hydrogen-bond acceptors (Lipinski definition) is 8. The van der Waals surface area contributed by atoms with E-state index in [4.69, 9.17) is 18.9 Å². The van der Waals surface area contributed by atoms with E-state index in [2.05, 4.69) is 5.32 Å². The molecule has 28 heavy (non-hydrogen) atoms. The fourth-order valence-corrected chi connectivity index (χ4v) is 2.22. The van der Waals surface area contributed by atoms with Crippen molar-refractivity contribution in [2.75, 3.05) is 33.3 Å². The van der Waals surface area contributed by atoms with Crippen LogP contribution in [-0.2, 0) is 9.53 Å². The molecule has 0 radical (unpaired) electrons. The van der Waals surface area contributed by atoms with E-state index in [0.29, 0.717) is 11.5 Å². The molecule has 2 aromatic carbocycles. The second-order valence-electron chi connectivity index (χ2n) is 5.37. The predicted molar refractivity (Wildman–Crippen MR) is 98.1 cm³/mol. The second kappa shape index (κ2) is 9.21. The Hall–Kier alpha value is -3.82. The van der Waals surface area contributed by atoms with Gasteiger partial charge in [0, 0.05) is 12.1 Å². The number of carbonyl (C=O) groups excluding carboxylic acids is 2. The zero-order valence-electron chi connectivity index (χ0n) is 15.4. The van der Waals surface area contributed by atoms with E-state index in [1.165, 1.54) is 51.7 Å². The molecule has 2 aromatic rings. The van der Waals surface area contributed by atoms with Crippen LogP contribution in [-0.4, -0.2) is 44.7 Å². The number of nitro benzene ring substituents is 1. The van der Waals surface area contributed by atoms with Gasteiger partial charge in [-0.15, -0.1) is 0 Å². The topological polar surface area (TPSA) is 126 Å². The number of nitro groups is 1. The summed E-state index contributed by atoms with van der Waals surface area (Å²) in [5, 5.41) is 13.3. The van der Waals surface area contributed by atoms with E-state index < -0.39 is 23.4 Å². The number of rotatable bonds is 8. The highest BCUT2D eigenvalue weighted by atomic mass is 16.6. The lowest BCUT2D eigenvalue weighted by Crippen LogP contribution is -2.21. The molecule has 0 fully saturated rings. The van der Waals surface area contributed by atoms with E-state index >= 15 is 0 Å². The number of carbonyl (C=O) groups is 2. The molecular weight excluding hydrogens is 372 g/mol. The molecule has 148 valence electrons. The summed E-state index contributed by atoms with van der Waals surface area (Å²) in [6.07, 6.45) is 0. The maximum atomic E-state index is 12.2. The summed E-state index contributed by atoms with van der Waals surface area (Å²) < 4.78 is 20.2. The summed E-state index contributed by atoms with van der Waals surface area (Å²) in [4.78, 5) is 34.4. The summed E-state index contributed by atoms with van der Waals surface area (Å²) in [5.41, 5.74) is 0.169. The van der Waals surface area contributed by atoms with Gasteiger partial charge in [0.05, 0.1) is 43.6 Å². The van der Waals surface area contributed by atoms with Gasteiger partial charge in [-0.25, -0.2) is 4.79 Å². The monoisotopic (exact) mass is 390 g/mol. The van der Waals surface area contributed by atoms with E-state index in [1.54, 1.807) is 6.07 Å². The van der Waals surface area contributed by atoms with Crippen molar-refractivity contribution in [2.24, 2.45) is 0 Å². The van der Waals surface area contributed by atoms with Gasteiger partial charge in [-0.3, -0.25) is 14.9 Å². The summed E-state index contributed by atoms with van der Waals surface area (Å²) in [6.45, 7) is -0.571. The number of anilines is 1. The predicted octanol–water partition coefficient (Wildman–Crippen LogP) is 2.42. The summed E-state index contributed by atoms with van der Waals surface area (Å²) >= 11 is 0. The van der Waals surface area contributed by atoms with Crippen LogP contribution in [0.4, 0.5) is 11.4 Å². The molecule has 0 aromatic heterocycles. The average molecular weight is 390 g/mol. The lowest BCUT2D eigenvalue weighted by atomic mass is 10.2. The molecule has 0 bridgehead atoms. The molecule has 1 amide bonds. The van der Waals surface area contributed by atoms with Crippen molar-refractivity contribution in [1.29, 1.82) is 0 Å². The zero-order chi connectivity index (χ0) is 20.7. The average Bonchev–Trinajstić information content (AvgIpc) is 2.71. The summed E-state index contributed by atoms with van der Waals surface area (Å²) in [6, 6.07) is 8.19. The molecule has 0 saturated heterocycles.